The normalized spacial score (nSPS) is 23.4. The molecular formula is C25H28N6O3S. The molecule has 0 saturated carbocycles. The fraction of sp³-hybridized carbons (Fsp3) is 0.440. The van der Waals surface area contributed by atoms with Crippen molar-refractivity contribution in [2.24, 2.45) is 21.1 Å². The molecule has 35 heavy (non-hydrogen) atoms. The summed E-state index contributed by atoms with van der Waals surface area (Å²) in [5.74, 6) is 0.900. The van der Waals surface area contributed by atoms with Gasteiger partial charge in [-0.15, -0.1) is 5.11 Å². The van der Waals surface area contributed by atoms with Gasteiger partial charge in [-0.05, 0) is 36.8 Å². The molecule has 1 aliphatic carbocycles. The van der Waals surface area contributed by atoms with E-state index in [4.69, 9.17) is 0 Å². The van der Waals surface area contributed by atoms with E-state index in [1.54, 1.807) is 10.9 Å². The minimum absolute atomic E-state index is 0.124. The SMILES string of the molecule is CC1(C)CC(=O)C2=C(C1)NC1=C(CN=N1)C21CCN(S(=O)(=O)c2cnn(-c3ccccc3)c2)CC1. The zero-order valence-corrected chi connectivity index (χ0v) is 20.7. The van der Waals surface area contributed by atoms with Crippen LogP contribution in [0.25, 0.3) is 5.69 Å². The van der Waals surface area contributed by atoms with Crippen molar-refractivity contribution in [3.05, 3.63) is 65.4 Å². The Hall–Kier alpha value is -3.11. The molecule has 3 aliphatic heterocycles. The second-order valence-corrected chi connectivity index (χ2v) is 12.5. The molecule has 6 rings (SSSR count). The number of rotatable bonds is 3. The van der Waals surface area contributed by atoms with Crippen LogP contribution in [0.4, 0.5) is 0 Å². The number of ketones is 1. The summed E-state index contributed by atoms with van der Waals surface area (Å²) in [7, 11) is -3.72. The van der Waals surface area contributed by atoms with Crippen LogP contribution in [0.5, 0.6) is 0 Å². The van der Waals surface area contributed by atoms with Gasteiger partial charge < -0.3 is 5.32 Å². The third kappa shape index (κ3) is 3.49. The van der Waals surface area contributed by atoms with Crippen LogP contribution in [0.15, 0.2) is 80.5 Å². The van der Waals surface area contributed by atoms with E-state index in [1.165, 1.54) is 10.5 Å². The summed E-state index contributed by atoms with van der Waals surface area (Å²) in [6, 6.07) is 9.43. The molecule has 0 unspecified atom stereocenters. The van der Waals surface area contributed by atoms with Gasteiger partial charge in [-0.3, -0.25) is 4.79 Å². The molecule has 1 aromatic carbocycles. The monoisotopic (exact) mass is 492 g/mol. The number of sulfonamides is 1. The van der Waals surface area contributed by atoms with Crippen molar-refractivity contribution in [2.75, 3.05) is 19.6 Å². The highest BCUT2D eigenvalue weighted by molar-refractivity contribution is 7.89. The van der Waals surface area contributed by atoms with Crippen LogP contribution in [-0.2, 0) is 14.8 Å². The van der Waals surface area contributed by atoms with Crippen molar-refractivity contribution in [3.8, 4) is 5.69 Å². The molecule has 182 valence electrons. The minimum atomic E-state index is -3.72. The average Bonchev–Trinajstić information content (AvgIpc) is 3.50. The zero-order valence-electron chi connectivity index (χ0n) is 19.9. The van der Waals surface area contributed by atoms with Gasteiger partial charge in [0.2, 0.25) is 10.0 Å². The standard InChI is InChI=1S/C25H28N6O3S/c1-24(2)12-20-22(21(32)13-24)25(19-15-26-29-23(19)28-20)8-10-30(11-9-25)35(33,34)18-14-27-31(16-18)17-6-4-3-5-7-17/h3-7,14,16,28H,8-13,15H2,1-2H3. The molecule has 10 heteroatoms. The molecule has 2 aromatic rings. The van der Waals surface area contributed by atoms with Crippen molar-refractivity contribution in [2.45, 2.75) is 44.4 Å². The first kappa shape index (κ1) is 22.4. The number of nitrogens with zero attached hydrogens (tertiary/aromatic N) is 5. The number of hydrogen-bond donors (Lipinski definition) is 1. The average molecular weight is 493 g/mol. The Bertz CT molecular complexity index is 1410. The first-order valence-corrected chi connectivity index (χ1v) is 13.4. The van der Waals surface area contributed by atoms with Crippen LogP contribution in [0.2, 0.25) is 0 Å². The number of piperidine rings is 1. The number of benzene rings is 1. The maximum atomic E-state index is 13.5. The van der Waals surface area contributed by atoms with E-state index in [0.717, 1.165) is 34.8 Å². The van der Waals surface area contributed by atoms with Crippen LogP contribution >= 0.6 is 0 Å². The van der Waals surface area contributed by atoms with Gasteiger partial charge in [0.05, 0.1) is 24.6 Å². The van der Waals surface area contributed by atoms with E-state index >= 15 is 0 Å². The quantitative estimate of drug-likeness (QED) is 0.705. The fourth-order valence-electron chi connectivity index (χ4n) is 6.04. The zero-order chi connectivity index (χ0) is 24.4. The number of Topliss-reactive ketones (excluding diaryl/α,β-unsaturated/α-hetero) is 1. The first-order valence-electron chi connectivity index (χ1n) is 11.9. The van der Waals surface area contributed by atoms with Gasteiger partial charge >= 0.3 is 0 Å². The number of fused-ring (bicyclic) bond motifs is 2. The molecule has 4 heterocycles. The lowest BCUT2D eigenvalue weighted by molar-refractivity contribution is -0.119. The molecule has 0 atom stereocenters. The second-order valence-electron chi connectivity index (χ2n) is 10.6. The number of carbonyl (C=O) groups excluding carboxylic acids is 1. The molecule has 1 spiro atoms. The van der Waals surface area contributed by atoms with Crippen molar-refractivity contribution >= 4 is 15.8 Å². The minimum Gasteiger partial charge on any atom is -0.342 e. The third-order valence-electron chi connectivity index (χ3n) is 7.68. The van der Waals surface area contributed by atoms with E-state index in [0.29, 0.717) is 38.9 Å². The van der Waals surface area contributed by atoms with Crippen LogP contribution in [0.3, 0.4) is 0 Å². The largest absolute Gasteiger partial charge is 0.342 e. The molecule has 1 fully saturated rings. The number of hydrogen-bond acceptors (Lipinski definition) is 7. The Morgan fingerprint density at radius 1 is 1.06 bits per heavy atom. The van der Waals surface area contributed by atoms with Crippen molar-refractivity contribution in [1.82, 2.24) is 19.4 Å². The van der Waals surface area contributed by atoms with Gasteiger partial charge in [0.25, 0.3) is 0 Å². The van der Waals surface area contributed by atoms with Gasteiger partial charge in [-0.25, -0.2) is 13.1 Å². The smallest absolute Gasteiger partial charge is 0.246 e. The number of para-hydroxylation sites is 1. The van der Waals surface area contributed by atoms with Gasteiger partial charge in [-0.1, -0.05) is 32.0 Å². The Labute approximate surface area is 204 Å². The summed E-state index contributed by atoms with van der Waals surface area (Å²) in [6.07, 6.45) is 5.29. The molecule has 0 amide bonds. The molecule has 9 nitrogen and oxygen atoms in total. The molecule has 0 radical (unpaired) electrons. The van der Waals surface area contributed by atoms with Crippen molar-refractivity contribution in [3.63, 3.8) is 0 Å². The number of azo groups is 1. The summed E-state index contributed by atoms with van der Waals surface area (Å²) >= 11 is 0. The Morgan fingerprint density at radius 2 is 1.80 bits per heavy atom. The molecule has 0 bridgehead atoms. The van der Waals surface area contributed by atoms with E-state index in [-0.39, 0.29) is 16.1 Å². The Morgan fingerprint density at radius 3 is 2.54 bits per heavy atom. The van der Waals surface area contributed by atoms with Gasteiger partial charge in [0.15, 0.2) is 11.6 Å². The van der Waals surface area contributed by atoms with Crippen LogP contribution in [0, 0.1) is 10.8 Å². The topological polar surface area (TPSA) is 109 Å². The maximum absolute atomic E-state index is 13.5. The number of dihydropyridines is 1. The number of aromatic nitrogens is 2. The summed E-state index contributed by atoms with van der Waals surface area (Å²) < 4.78 is 30.1. The third-order valence-corrected chi connectivity index (χ3v) is 9.53. The summed E-state index contributed by atoms with van der Waals surface area (Å²) in [5, 5.41) is 16.2. The van der Waals surface area contributed by atoms with E-state index in [9.17, 15) is 13.2 Å². The van der Waals surface area contributed by atoms with Gasteiger partial charge in [0, 0.05) is 41.8 Å². The first-order chi connectivity index (χ1) is 16.7. The summed E-state index contributed by atoms with van der Waals surface area (Å²) in [6.45, 7) is 5.31. The highest BCUT2D eigenvalue weighted by Gasteiger charge is 2.53. The maximum Gasteiger partial charge on any atom is 0.246 e. The van der Waals surface area contributed by atoms with Crippen molar-refractivity contribution in [1.29, 1.82) is 0 Å². The molecular weight excluding hydrogens is 464 g/mol. The lowest BCUT2D eigenvalue weighted by atomic mass is 9.60. The summed E-state index contributed by atoms with van der Waals surface area (Å²) in [4.78, 5) is 13.6. The number of allylic oxidation sites excluding steroid dienone is 2. The number of carbonyl (C=O) groups is 1. The molecule has 1 aromatic heterocycles. The highest BCUT2D eigenvalue weighted by Crippen LogP contribution is 2.55. The van der Waals surface area contributed by atoms with Crippen LogP contribution in [0.1, 0.15) is 39.5 Å². The Kier molecular flexibility index (Phi) is 4.92. The van der Waals surface area contributed by atoms with Crippen LogP contribution in [-0.4, -0.2) is 47.9 Å². The van der Waals surface area contributed by atoms with Crippen molar-refractivity contribution < 1.29 is 13.2 Å². The molecule has 1 saturated heterocycles. The lowest BCUT2D eigenvalue weighted by Gasteiger charge is -2.48. The predicted molar refractivity (Wildman–Crippen MR) is 129 cm³/mol. The van der Waals surface area contributed by atoms with Gasteiger partial charge in [0.1, 0.15) is 4.90 Å². The highest BCUT2D eigenvalue weighted by atomic mass is 32.2. The van der Waals surface area contributed by atoms with Crippen LogP contribution < -0.4 is 5.32 Å². The molecule has 1 N–H and O–H groups in total. The van der Waals surface area contributed by atoms with E-state index < -0.39 is 15.4 Å². The van der Waals surface area contributed by atoms with E-state index in [2.05, 4.69) is 34.5 Å². The second kappa shape index (κ2) is 7.69. The summed E-state index contributed by atoms with van der Waals surface area (Å²) in [5.41, 5.74) is 2.96. The van der Waals surface area contributed by atoms with Gasteiger partial charge in [-0.2, -0.15) is 14.5 Å². The van der Waals surface area contributed by atoms with E-state index in [1.807, 2.05) is 30.3 Å². The Balaban J connectivity index is 1.30. The fourth-order valence-corrected chi connectivity index (χ4v) is 7.41. The molecule has 4 aliphatic rings. The lowest BCUT2D eigenvalue weighted by Crippen LogP contribution is -2.50. The predicted octanol–water partition coefficient (Wildman–Crippen LogP) is 3.57. The number of nitrogens with one attached hydrogen (secondary N) is 1.